The number of aliphatic hydroxyl groups excluding tert-OH is 1. The highest BCUT2D eigenvalue weighted by Crippen LogP contribution is 2.39. The number of rotatable bonds is 7. The second kappa shape index (κ2) is 12.3. The first-order valence-electron chi connectivity index (χ1n) is 9.23. The van der Waals surface area contributed by atoms with Crippen molar-refractivity contribution in [1.82, 2.24) is 9.80 Å². The van der Waals surface area contributed by atoms with Gasteiger partial charge in [-0.3, -0.25) is 9.80 Å². The van der Waals surface area contributed by atoms with Crippen molar-refractivity contribution in [2.45, 2.75) is 51.4 Å². The highest BCUT2D eigenvalue weighted by Gasteiger charge is 2.32. The van der Waals surface area contributed by atoms with E-state index in [2.05, 4.69) is 30.6 Å². The molecule has 4 nitrogen and oxygen atoms in total. The summed E-state index contributed by atoms with van der Waals surface area (Å²) in [5.74, 6) is 0.765. The number of halogens is 2. The maximum absolute atomic E-state index is 9.00. The van der Waals surface area contributed by atoms with Crippen LogP contribution in [0.5, 0.6) is 0 Å². The molecule has 3 unspecified atom stereocenters. The third-order valence-electron chi connectivity index (χ3n) is 5.22. The summed E-state index contributed by atoms with van der Waals surface area (Å²) in [6.45, 7) is 14.2. The fourth-order valence-electron chi connectivity index (χ4n) is 4.32. The van der Waals surface area contributed by atoms with Crippen LogP contribution in [0.2, 0.25) is 0 Å². The largest absolute Gasteiger partial charge is 0.395 e. The quantitative estimate of drug-likeness (QED) is 0.625. The fourth-order valence-corrected chi connectivity index (χ4v) is 4.64. The predicted molar refractivity (Wildman–Crippen MR) is 114 cm³/mol. The maximum atomic E-state index is 9.00. The highest BCUT2D eigenvalue weighted by atomic mass is 35.5. The molecule has 0 bridgehead atoms. The molecule has 3 atom stereocenters. The maximum Gasteiger partial charge on any atom is 0.0598 e. The number of aliphatic hydroxyl groups is 1. The molecule has 1 N–H and O–H groups in total. The van der Waals surface area contributed by atoms with Gasteiger partial charge in [0.05, 0.1) is 19.3 Å². The molecule has 0 amide bonds. The lowest BCUT2D eigenvalue weighted by atomic mass is 9.71. The van der Waals surface area contributed by atoms with Gasteiger partial charge < -0.3 is 9.84 Å². The zero-order valence-corrected chi connectivity index (χ0v) is 18.6. The summed E-state index contributed by atoms with van der Waals surface area (Å²) in [4.78, 5) is 4.80. The molecule has 0 aromatic rings. The van der Waals surface area contributed by atoms with Gasteiger partial charge >= 0.3 is 0 Å². The van der Waals surface area contributed by atoms with Crippen LogP contribution in [0.4, 0.5) is 0 Å². The molecule has 1 aliphatic heterocycles. The van der Waals surface area contributed by atoms with Crippen LogP contribution in [0.15, 0.2) is 0 Å². The van der Waals surface area contributed by atoms with Gasteiger partial charge in [0.15, 0.2) is 0 Å². The van der Waals surface area contributed by atoms with Crippen LogP contribution in [-0.2, 0) is 4.74 Å². The molecule has 2 aliphatic rings. The summed E-state index contributed by atoms with van der Waals surface area (Å²) < 4.78 is 6.21. The summed E-state index contributed by atoms with van der Waals surface area (Å²) in [6, 6.07) is 0. The van der Waals surface area contributed by atoms with Crippen LogP contribution in [0.1, 0.15) is 40.0 Å². The second-order valence-corrected chi connectivity index (χ2v) is 9.12. The topological polar surface area (TPSA) is 35.9 Å². The Morgan fingerprint density at radius 1 is 1.12 bits per heavy atom. The van der Waals surface area contributed by atoms with Crippen LogP contribution in [-0.4, -0.2) is 78.7 Å². The van der Waals surface area contributed by atoms with E-state index in [-0.39, 0.29) is 31.4 Å². The summed E-state index contributed by atoms with van der Waals surface area (Å²) in [5.41, 5.74) is 0.414. The molecular formula is C18H38Cl2N2O2S. The number of ether oxygens (including phenoxy) is 1. The van der Waals surface area contributed by atoms with E-state index in [1.54, 1.807) is 0 Å². The Morgan fingerprint density at radius 3 is 2.28 bits per heavy atom. The van der Waals surface area contributed by atoms with Crippen molar-refractivity contribution in [3.05, 3.63) is 0 Å². The highest BCUT2D eigenvalue weighted by molar-refractivity contribution is 7.81. The Kier molecular flexibility index (Phi) is 12.7. The molecule has 0 aromatic carbocycles. The van der Waals surface area contributed by atoms with E-state index in [0.717, 1.165) is 51.8 Å². The molecule has 0 aromatic heterocycles. The lowest BCUT2D eigenvalue weighted by molar-refractivity contribution is -0.0244. The predicted octanol–water partition coefficient (Wildman–Crippen LogP) is 2.97. The standard InChI is InChI=1S/C18H36N2O2S.2ClH/c1-15-10-16(12-18(2,3)11-15)22-14-17(23)13-20-6-4-19(5-7-20)8-9-21;;/h15-17,21,23H,4-14H2,1-3H3;2*1H. The third kappa shape index (κ3) is 9.50. The molecule has 1 saturated heterocycles. The van der Waals surface area contributed by atoms with E-state index in [1.807, 2.05) is 0 Å². The molecule has 2 rings (SSSR count). The van der Waals surface area contributed by atoms with E-state index in [1.165, 1.54) is 19.3 Å². The summed E-state index contributed by atoms with van der Waals surface area (Å²) in [5, 5.41) is 9.29. The molecule has 25 heavy (non-hydrogen) atoms. The molecule has 152 valence electrons. The van der Waals surface area contributed by atoms with Gasteiger partial charge in [0, 0.05) is 44.5 Å². The molecule has 0 radical (unpaired) electrons. The Balaban J connectivity index is 0.00000288. The number of hydrogen-bond donors (Lipinski definition) is 2. The molecule has 1 saturated carbocycles. The lowest BCUT2D eigenvalue weighted by Gasteiger charge is -2.39. The smallest absolute Gasteiger partial charge is 0.0598 e. The summed E-state index contributed by atoms with van der Waals surface area (Å²) in [7, 11) is 0. The zero-order chi connectivity index (χ0) is 16.9. The molecule has 0 spiro atoms. The minimum Gasteiger partial charge on any atom is -0.395 e. The van der Waals surface area contributed by atoms with Gasteiger partial charge in [0.1, 0.15) is 0 Å². The van der Waals surface area contributed by atoms with Crippen molar-refractivity contribution in [3.63, 3.8) is 0 Å². The Morgan fingerprint density at radius 2 is 1.72 bits per heavy atom. The van der Waals surface area contributed by atoms with Crippen LogP contribution in [0, 0.1) is 11.3 Å². The van der Waals surface area contributed by atoms with Gasteiger partial charge in [0.25, 0.3) is 0 Å². The first kappa shape index (κ1) is 25.8. The SMILES string of the molecule is CC1CC(OCC(S)CN2CCN(CCO)CC2)CC(C)(C)C1.Cl.Cl. The van der Waals surface area contributed by atoms with Gasteiger partial charge in [0.2, 0.25) is 0 Å². The number of hydrogen-bond acceptors (Lipinski definition) is 5. The summed E-state index contributed by atoms with van der Waals surface area (Å²) >= 11 is 4.75. The van der Waals surface area contributed by atoms with Crippen molar-refractivity contribution in [3.8, 4) is 0 Å². The van der Waals surface area contributed by atoms with Gasteiger partial charge in [-0.2, -0.15) is 12.6 Å². The van der Waals surface area contributed by atoms with E-state index < -0.39 is 0 Å². The van der Waals surface area contributed by atoms with Gasteiger partial charge in [-0.25, -0.2) is 0 Å². The van der Waals surface area contributed by atoms with Gasteiger partial charge in [-0.05, 0) is 30.6 Å². The average Bonchev–Trinajstić information content (AvgIpc) is 2.45. The number of thiol groups is 1. The number of β-amino-alcohol motifs (C(OH)–C–C–N with tert-alkyl or cyclic N) is 1. The van der Waals surface area contributed by atoms with Gasteiger partial charge in [-0.1, -0.05) is 20.8 Å². The van der Waals surface area contributed by atoms with Crippen LogP contribution in [0.25, 0.3) is 0 Å². The lowest BCUT2D eigenvalue weighted by Crippen LogP contribution is -2.49. The minimum absolute atomic E-state index is 0. The van der Waals surface area contributed by atoms with Crippen molar-refractivity contribution in [2.75, 3.05) is 52.5 Å². The van der Waals surface area contributed by atoms with E-state index in [9.17, 15) is 0 Å². The number of piperazine rings is 1. The monoisotopic (exact) mass is 416 g/mol. The van der Waals surface area contributed by atoms with Crippen LogP contribution in [0.3, 0.4) is 0 Å². The molecule has 2 fully saturated rings. The molecule has 1 aliphatic carbocycles. The molecule has 1 heterocycles. The first-order chi connectivity index (χ1) is 10.9. The van der Waals surface area contributed by atoms with Crippen molar-refractivity contribution >= 4 is 37.4 Å². The average molecular weight is 417 g/mol. The number of nitrogens with zero attached hydrogens (tertiary/aromatic N) is 2. The molecular weight excluding hydrogens is 379 g/mol. The van der Waals surface area contributed by atoms with E-state index in [0.29, 0.717) is 16.8 Å². The fraction of sp³-hybridized carbons (Fsp3) is 1.00. The van der Waals surface area contributed by atoms with Crippen LogP contribution < -0.4 is 0 Å². The van der Waals surface area contributed by atoms with Gasteiger partial charge in [-0.15, -0.1) is 24.8 Å². The minimum atomic E-state index is 0. The summed E-state index contributed by atoms with van der Waals surface area (Å²) in [6.07, 6.45) is 4.10. The Labute approximate surface area is 172 Å². The van der Waals surface area contributed by atoms with Crippen LogP contribution >= 0.6 is 37.4 Å². The normalized spacial score (nSPS) is 28.7. The van der Waals surface area contributed by atoms with E-state index in [4.69, 9.17) is 22.5 Å². The zero-order valence-electron chi connectivity index (χ0n) is 16.0. The second-order valence-electron chi connectivity index (χ2n) is 8.39. The van der Waals surface area contributed by atoms with Crippen molar-refractivity contribution in [1.29, 1.82) is 0 Å². The van der Waals surface area contributed by atoms with E-state index >= 15 is 0 Å². The Bertz CT molecular complexity index is 356. The molecule has 7 heteroatoms. The third-order valence-corrected chi connectivity index (χ3v) is 5.53. The first-order valence-corrected chi connectivity index (χ1v) is 9.75. The Hall–Kier alpha value is 0.770. The van der Waals surface area contributed by atoms with Crippen molar-refractivity contribution < 1.29 is 9.84 Å². The van der Waals surface area contributed by atoms with Crippen molar-refractivity contribution in [2.24, 2.45) is 11.3 Å².